The van der Waals surface area contributed by atoms with Crippen LogP contribution in [0.2, 0.25) is 0 Å². The van der Waals surface area contributed by atoms with E-state index in [0.29, 0.717) is 0 Å². The molecule has 53 heavy (non-hydrogen) atoms. The van der Waals surface area contributed by atoms with Crippen molar-refractivity contribution in [1.82, 2.24) is 0 Å². The minimum absolute atomic E-state index is 0.339. The van der Waals surface area contributed by atoms with Crippen molar-refractivity contribution in [2.75, 3.05) is 9.80 Å². The number of fused-ring (bicyclic) bond motifs is 3. The van der Waals surface area contributed by atoms with Gasteiger partial charge in [0.25, 0.3) is 0 Å². The van der Waals surface area contributed by atoms with Gasteiger partial charge in [-0.25, -0.2) is 0 Å². The molecular formula is C51H48N2. The standard InChI is InChI=1S/C51H48N2/c1-7-9-11-33-51(34-12-10-8-2)49-35-45(52(41-21-13-37(3)14-22-41)42-23-15-38(4)16-24-42)29-31-47(49)48-32-30-46(36-50(48)51)53(43-25-17-39(5)18-26-43)44-27-19-40(6)20-28-44/h7-32,35-36H,1-2,33-34H2,3-6H3/b11-9+,12-10+. The molecule has 0 bridgehead atoms. The Morgan fingerprint density at radius 1 is 0.415 bits per heavy atom. The van der Waals surface area contributed by atoms with E-state index in [1.807, 2.05) is 12.2 Å². The predicted molar refractivity (Wildman–Crippen MR) is 229 cm³/mol. The van der Waals surface area contributed by atoms with E-state index in [9.17, 15) is 0 Å². The molecule has 0 unspecified atom stereocenters. The van der Waals surface area contributed by atoms with Crippen molar-refractivity contribution in [3.63, 3.8) is 0 Å². The van der Waals surface area contributed by atoms with E-state index in [-0.39, 0.29) is 5.41 Å². The molecule has 0 spiro atoms. The van der Waals surface area contributed by atoms with E-state index >= 15 is 0 Å². The summed E-state index contributed by atoms with van der Waals surface area (Å²) in [5.41, 5.74) is 16.6. The first-order valence-electron chi connectivity index (χ1n) is 18.5. The van der Waals surface area contributed by atoms with Crippen LogP contribution in [0.4, 0.5) is 34.1 Å². The number of aryl methyl sites for hydroxylation is 4. The molecule has 0 saturated carbocycles. The molecule has 0 fully saturated rings. The largest absolute Gasteiger partial charge is 0.310 e. The van der Waals surface area contributed by atoms with Crippen LogP contribution in [0, 0.1) is 27.7 Å². The average molecular weight is 689 g/mol. The van der Waals surface area contributed by atoms with Gasteiger partial charge in [0.15, 0.2) is 0 Å². The molecule has 262 valence electrons. The van der Waals surface area contributed by atoms with Gasteiger partial charge in [0.1, 0.15) is 0 Å². The number of nitrogens with zero attached hydrogens (tertiary/aromatic N) is 2. The zero-order valence-corrected chi connectivity index (χ0v) is 31.4. The third kappa shape index (κ3) is 7.06. The molecular weight excluding hydrogens is 641 g/mol. The Bertz CT molecular complexity index is 2030. The molecule has 0 atom stereocenters. The number of hydrogen-bond donors (Lipinski definition) is 0. The SMILES string of the molecule is C=C/C=C/CC1(C/C=C/C=C)c2cc(N(c3ccc(C)cc3)c3ccc(C)cc3)ccc2-c2ccc(N(c3ccc(C)cc3)c3ccc(C)cc3)cc21. The van der Waals surface area contributed by atoms with Gasteiger partial charge in [-0.1, -0.05) is 133 Å². The van der Waals surface area contributed by atoms with E-state index in [0.717, 1.165) is 47.0 Å². The molecule has 0 radical (unpaired) electrons. The Morgan fingerprint density at radius 3 is 0.981 bits per heavy atom. The number of rotatable bonds is 12. The summed E-state index contributed by atoms with van der Waals surface area (Å²) in [6, 6.07) is 49.5. The maximum absolute atomic E-state index is 4.02. The van der Waals surface area contributed by atoms with Crippen molar-refractivity contribution in [3.8, 4) is 11.1 Å². The highest BCUT2D eigenvalue weighted by Gasteiger charge is 2.42. The lowest BCUT2D eigenvalue weighted by molar-refractivity contribution is 0.542. The third-order valence-electron chi connectivity index (χ3n) is 10.5. The highest BCUT2D eigenvalue weighted by atomic mass is 15.1. The first kappa shape index (κ1) is 35.3. The summed E-state index contributed by atoms with van der Waals surface area (Å²) in [5.74, 6) is 0. The van der Waals surface area contributed by atoms with Gasteiger partial charge in [-0.3, -0.25) is 0 Å². The fraction of sp³-hybridized carbons (Fsp3) is 0.137. The molecule has 0 aliphatic heterocycles. The van der Waals surface area contributed by atoms with Crippen LogP contribution >= 0.6 is 0 Å². The third-order valence-corrected chi connectivity index (χ3v) is 10.5. The Morgan fingerprint density at radius 2 is 0.698 bits per heavy atom. The average Bonchev–Trinajstić information content (AvgIpc) is 3.43. The minimum atomic E-state index is -0.339. The van der Waals surface area contributed by atoms with Crippen LogP contribution < -0.4 is 9.80 Å². The molecule has 1 aliphatic rings. The summed E-state index contributed by atoms with van der Waals surface area (Å²) >= 11 is 0. The summed E-state index contributed by atoms with van der Waals surface area (Å²) in [7, 11) is 0. The van der Waals surface area contributed by atoms with Crippen molar-refractivity contribution >= 4 is 34.1 Å². The predicted octanol–water partition coefficient (Wildman–Crippen LogP) is 14.4. The van der Waals surface area contributed by atoms with Crippen molar-refractivity contribution in [1.29, 1.82) is 0 Å². The Hall–Kier alpha value is -6.12. The second-order valence-electron chi connectivity index (χ2n) is 14.3. The van der Waals surface area contributed by atoms with Gasteiger partial charge in [-0.15, -0.1) is 0 Å². The zero-order valence-electron chi connectivity index (χ0n) is 31.4. The molecule has 0 aromatic heterocycles. The van der Waals surface area contributed by atoms with Gasteiger partial charge in [0.05, 0.1) is 0 Å². The lowest BCUT2D eigenvalue weighted by Crippen LogP contribution is -2.25. The maximum atomic E-state index is 4.02. The van der Waals surface area contributed by atoms with Gasteiger partial charge in [0, 0.05) is 39.5 Å². The van der Waals surface area contributed by atoms with Crippen LogP contribution in [0.1, 0.15) is 46.2 Å². The second-order valence-corrected chi connectivity index (χ2v) is 14.3. The van der Waals surface area contributed by atoms with E-state index in [2.05, 4.69) is 208 Å². The summed E-state index contributed by atoms with van der Waals surface area (Å²) < 4.78 is 0. The number of benzene rings is 6. The lowest BCUT2D eigenvalue weighted by atomic mass is 9.72. The second kappa shape index (κ2) is 15.2. The summed E-state index contributed by atoms with van der Waals surface area (Å²) in [6.07, 6.45) is 14.1. The van der Waals surface area contributed by atoms with Gasteiger partial charge >= 0.3 is 0 Å². The topological polar surface area (TPSA) is 6.48 Å². The Balaban J connectivity index is 1.45. The molecule has 2 nitrogen and oxygen atoms in total. The van der Waals surface area contributed by atoms with Crippen molar-refractivity contribution in [3.05, 3.63) is 216 Å². The van der Waals surface area contributed by atoms with E-state index in [1.165, 1.54) is 44.5 Å². The first-order chi connectivity index (χ1) is 25.8. The van der Waals surface area contributed by atoms with Crippen LogP contribution in [0.25, 0.3) is 11.1 Å². The summed E-state index contributed by atoms with van der Waals surface area (Å²) in [4.78, 5) is 4.77. The molecule has 0 amide bonds. The smallest absolute Gasteiger partial charge is 0.0465 e. The fourth-order valence-electron chi connectivity index (χ4n) is 7.67. The van der Waals surface area contributed by atoms with Crippen LogP contribution in [0.15, 0.2) is 183 Å². The fourth-order valence-corrected chi connectivity index (χ4v) is 7.67. The maximum Gasteiger partial charge on any atom is 0.0465 e. The van der Waals surface area contributed by atoms with Crippen LogP contribution in [0.5, 0.6) is 0 Å². The Labute approximate surface area is 316 Å². The Kier molecular flexibility index (Phi) is 10.1. The molecule has 6 aromatic carbocycles. The molecule has 6 aromatic rings. The van der Waals surface area contributed by atoms with Crippen LogP contribution in [0.3, 0.4) is 0 Å². The van der Waals surface area contributed by atoms with E-state index in [4.69, 9.17) is 0 Å². The van der Waals surface area contributed by atoms with Gasteiger partial charge < -0.3 is 9.80 Å². The normalized spacial score (nSPS) is 12.8. The lowest BCUT2D eigenvalue weighted by Gasteiger charge is -2.33. The van der Waals surface area contributed by atoms with E-state index in [1.54, 1.807) is 0 Å². The molecule has 1 aliphatic carbocycles. The minimum Gasteiger partial charge on any atom is -0.310 e. The molecule has 0 heterocycles. The number of allylic oxidation sites excluding steroid dienone is 6. The van der Waals surface area contributed by atoms with Crippen molar-refractivity contribution in [2.24, 2.45) is 0 Å². The van der Waals surface area contributed by atoms with Gasteiger partial charge in [-0.2, -0.15) is 0 Å². The molecule has 0 N–H and O–H groups in total. The summed E-state index contributed by atoms with van der Waals surface area (Å²) in [5, 5.41) is 0. The zero-order chi connectivity index (χ0) is 37.0. The monoisotopic (exact) mass is 688 g/mol. The quantitative estimate of drug-likeness (QED) is 0.118. The molecule has 2 heteroatoms. The van der Waals surface area contributed by atoms with Crippen molar-refractivity contribution < 1.29 is 0 Å². The number of hydrogen-bond acceptors (Lipinski definition) is 2. The van der Waals surface area contributed by atoms with Crippen molar-refractivity contribution in [2.45, 2.75) is 46.0 Å². The van der Waals surface area contributed by atoms with E-state index < -0.39 is 0 Å². The van der Waals surface area contributed by atoms with Crippen LogP contribution in [-0.2, 0) is 5.41 Å². The highest BCUT2D eigenvalue weighted by Crippen LogP contribution is 2.56. The van der Waals surface area contributed by atoms with Gasteiger partial charge in [0.2, 0.25) is 0 Å². The highest BCUT2D eigenvalue weighted by molar-refractivity contribution is 5.89. The molecule has 7 rings (SSSR count). The molecule has 0 saturated heterocycles. The van der Waals surface area contributed by atoms with Gasteiger partial charge in [-0.05, 0) is 136 Å². The van der Waals surface area contributed by atoms with Crippen LogP contribution in [-0.4, -0.2) is 0 Å². The first-order valence-corrected chi connectivity index (χ1v) is 18.5. The summed E-state index contributed by atoms with van der Waals surface area (Å²) in [6.45, 7) is 16.6. The number of anilines is 6.